The minimum absolute atomic E-state index is 0.00634. The Labute approximate surface area is 101 Å². The van der Waals surface area contributed by atoms with Gasteiger partial charge in [-0.15, -0.1) is 10.2 Å². The van der Waals surface area contributed by atoms with Gasteiger partial charge in [0.1, 0.15) is 0 Å². The number of anilines is 1. The molecule has 1 amide bonds. The summed E-state index contributed by atoms with van der Waals surface area (Å²) in [6.07, 6.45) is 0. The van der Waals surface area contributed by atoms with E-state index in [2.05, 4.69) is 25.9 Å². The number of tetrazole rings is 1. The van der Waals surface area contributed by atoms with E-state index in [1.54, 1.807) is 13.0 Å². The molecule has 0 aliphatic carbocycles. The SMILES string of the molecule is Cc1ccc(NC(=O)c2nn[nH]n2)c(C(=O)O)c1. The van der Waals surface area contributed by atoms with Crippen molar-refractivity contribution in [3.05, 3.63) is 35.2 Å². The number of nitrogens with zero attached hydrogens (tertiary/aromatic N) is 3. The van der Waals surface area contributed by atoms with Crippen LogP contribution < -0.4 is 5.32 Å². The van der Waals surface area contributed by atoms with Gasteiger partial charge in [0.05, 0.1) is 11.3 Å². The normalized spacial score (nSPS) is 10.1. The minimum Gasteiger partial charge on any atom is -0.478 e. The number of H-pyrrole nitrogens is 1. The van der Waals surface area contributed by atoms with Crippen molar-refractivity contribution < 1.29 is 14.7 Å². The summed E-state index contributed by atoms with van der Waals surface area (Å²) in [5.74, 6) is -1.91. The Hall–Kier alpha value is -2.77. The average molecular weight is 247 g/mol. The van der Waals surface area contributed by atoms with Crippen LogP contribution in [0, 0.1) is 6.92 Å². The second-order valence-corrected chi connectivity index (χ2v) is 3.54. The van der Waals surface area contributed by atoms with Crippen molar-refractivity contribution in [3.63, 3.8) is 0 Å². The number of carbonyl (C=O) groups is 2. The van der Waals surface area contributed by atoms with Gasteiger partial charge in [-0.05, 0) is 24.3 Å². The Morgan fingerprint density at radius 1 is 1.39 bits per heavy atom. The Bertz CT molecular complexity index is 594. The Morgan fingerprint density at radius 2 is 2.17 bits per heavy atom. The standard InChI is InChI=1S/C10H9N5O3/c1-5-2-3-7(6(4-5)10(17)18)11-9(16)8-12-14-15-13-8/h2-4H,1H3,(H,11,16)(H,17,18)(H,12,13,14,15). The van der Waals surface area contributed by atoms with Crippen molar-refractivity contribution in [1.82, 2.24) is 20.6 Å². The Kier molecular flexibility index (Phi) is 3.00. The van der Waals surface area contributed by atoms with Crippen LogP contribution in [-0.4, -0.2) is 37.6 Å². The number of aromatic nitrogens is 4. The average Bonchev–Trinajstić information content (AvgIpc) is 2.84. The zero-order chi connectivity index (χ0) is 13.1. The van der Waals surface area contributed by atoms with Crippen LogP contribution in [-0.2, 0) is 0 Å². The van der Waals surface area contributed by atoms with Crippen molar-refractivity contribution in [2.45, 2.75) is 6.92 Å². The molecule has 92 valence electrons. The van der Waals surface area contributed by atoms with E-state index in [1.165, 1.54) is 12.1 Å². The first kappa shape index (κ1) is 11.7. The van der Waals surface area contributed by atoms with Gasteiger partial charge in [-0.1, -0.05) is 11.6 Å². The Morgan fingerprint density at radius 3 is 2.78 bits per heavy atom. The van der Waals surface area contributed by atoms with E-state index in [4.69, 9.17) is 5.11 Å². The number of nitrogens with one attached hydrogen (secondary N) is 2. The predicted octanol–water partition coefficient (Wildman–Crippen LogP) is 0.459. The molecular formula is C10H9N5O3. The first-order valence-electron chi connectivity index (χ1n) is 4.96. The third-order valence-corrected chi connectivity index (χ3v) is 2.20. The van der Waals surface area contributed by atoms with Crippen molar-refractivity contribution >= 4 is 17.6 Å². The lowest BCUT2D eigenvalue weighted by atomic mass is 10.1. The van der Waals surface area contributed by atoms with E-state index >= 15 is 0 Å². The first-order chi connectivity index (χ1) is 8.58. The van der Waals surface area contributed by atoms with Crippen molar-refractivity contribution in [1.29, 1.82) is 0 Å². The van der Waals surface area contributed by atoms with Gasteiger partial charge in [-0.2, -0.15) is 5.21 Å². The van der Waals surface area contributed by atoms with Gasteiger partial charge in [0, 0.05) is 0 Å². The second-order valence-electron chi connectivity index (χ2n) is 3.54. The molecule has 1 aromatic heterocycles. The molecule has 0 atom stereocenters. The fourth-order valence-corrected chi connectivity index (χ4v) is 1.38. The largest absolute Gasteiger partial charge is 0.478 e. The van der Waals surface area contributed by atoms with Crippen LogP contribution in [0.1, 0.15) is 26.5 Å². The van der Waals surface area contributed by atoms with Crippen LogP contribution in [0.5, 0.6) is 0 Å². The molecule has 2 rings (SSSR count). The molecule has 0 aliphatic heterocycles. The van der Waals surface area contributed by atoms with Crippen LogP contribution in [0.2, 0.25) is 0 Å². The lowest BCUT2D eigenvalue weighted by molar-refractivity contribution is 0.0698. The van der Waals surface area contributed by atoms with Crippen LogP contribution in [0.4, 0.5) is 5.69 Å². The summed E-state index contributed by atoms with van der Waals surface area (Å²) >= 11 is 0. The number of carboxylic acid groups (broad SMARTS) is 1. The highest BCUT2D eigenvalue weighted by Gasteiger charge is 2.16. The van der Waals surface area contributed by atoms with Crippen LogP contribution in [0.3, 0.4) is 0 Å². The van der Waals surface area contributed by atoms with Crippen molar-refractivity contribution in [2.24, 2.45) is 0 Å². The molecule has 8 nitrogen and oxygen atoms in total. The molecule has 18 heavy (non-hydrogen) atoms. The summed E-state index contributed by atoms with van der Waals surface area (Å²) in [6, 6.07) is 4.67. The van der Waals surface area contributed by atoms with Gasteiger partial charge in [0.2, 0.25) is 0 Å². The highest BCUT2D eigenvalue weighted by molar-refractivity contribution is 6.05. The predicted molar refractivity (Wildman–Crippen MR) is 60.3 cm³/mol. The van der Waals surface area contributed by atoms with Crippen LogP contribution in [0.25, 0.3) is 0 Å². The monoisotopic (exact) mass is 247 g/mol. The number of aromatic amines is 1. The van der Waals surface area contributed by atoms with E-state index in [1.807, 2.05) is 0 Å². The molecule has 0 unspecified atom stereocenters. The minimum atomic E-state index is -1.12. The third kappa shape index (κ3) is 2.32. The van der Waals surface area contributed by atoms with Crippen molar-refractivity contribution in [2.75, 3.05) is 5.32 Å². The molecule has 1 aromatic carbocycles. The number of rotatable bonds is 3. The summed E-state index contributed by atoms with van der Waals surface area (Å²) in [7, 11) is 0. The molecule has 3 N–H and O–H groups in total. The molecule has 8 heteroatoms. The van der Waals surface area contributed by atoms with Gasteiger partial charge in [-0.3, -0.25) is 4.79 Å². The molecule has 2 aromatic rings. The Balaban J connectivity index is 2.29. The zero-order valence-corrected chi connectivity index (χ0v) is 9.34. The fourth-order valence-electron chi connectivity index (χ4n) is 1.38. The molecule has 0 saturated heterocycles. The van der Waals surface area contributed by atoms with E-state index in [-0.39, 0.29) is 17.1 Å². The molecule has 0 saturated carbocycles. The number of aromatic carboxylic acids is 1. The maximum Gasteiger partial charge on any atom is 0.337 e. The number of carboxylic acids is 1. The molecule has 0 aliphatic rings. The summed E-state index contributed by atoms with van der Waals surface area (Å²) in [5, 5.41) is 23.8. The summed E-state index contributed by atoms with van der Waals surface area (Å²) in [4.78, 5) is 22.7. The fraction of sp³-hybridized carbons (Fsp3) is 0.100. The number of hydrogen-bond acceptors (Lipinski definition) is 5. The maximum absolute atomic E-state index is 11.6. The highest BCUT2D eigenvalue weighted by atomic mass is 16.4. The molecular weight excluding hydrogens is 238 g/mol. The topological polar surface area (TPSA) is 121 Å². The molecule has 0 spiro atoms. The highest BCUT2D eigenvalue weighted by Crippen LogP contribution is 2.17. The molecule has 0 fully saturated rings. The van der Waals surface area contributed by atoms with Crippen LogP contribution in [0.15, 0.2) is 18.2 Å². The van der Waals surface area contributed by atoms with Gasteiger partial charge >= 0.3 is 5.97 Å². The van der Waals surface area contributed by atoms with Gasteiger partial charge in [0.15, 0.2) is 0 Å². The molecule has 1 heterocycles. The number of benzene rings is 1. The van der Waals surface area contributed by atoms with E-state index in [9.17, 15) is 9.59 Å². The smallest absolute Gasteiger partial charge is 0.337 e. The quantitative estimate of drug-likeness (QED) is 0.724. The van der Waals surface area contributed by atoms with E-state index in [0.29, 0.717) is 0 Å². The second kappa shape index (κ2) is 4.62. The number of aryl methyl sites for hydroxylation is 1. The third-order valence-electron chi connectivity index (χ3n) is 2.20. The van der Waals surface area contributed by atoms with E-state index in [0.717, 1.165) is 5.56 Å². The number of carbonyl (C=O) groups excluding carboxylic acids is 1. The summed E-state index contributed by atoms with van der Waals surface area (Å²) in [6.45, 7) is 1.76. The maximum atomic E-state index is 11.6. The first-order valence-corrected chi connectivity index (χ1v) is 4.96. The number of amides is 1. The number of hydrogen-bond donors (Lipinski definition) is 3. The lowest BCUT2D eigenvalue weighted by Gasteiger charge is -2.07. The van der Waals surface area contributed by atoms with Crippen LogP contribution >= 0.6 is 0 Å². The van der Waals surface area contributed by atoms with Gasteiger partial charge < -0.3 is 10.4 Å². The van der Waals surface area contributed by atoms with Gasteiger partial charge in [-0.25, -0.2) is 4.79 Å². The lowest BCUT2D eigenvalue weighted by Crippen LogP contribution is -2.16. The zero-order valence-electron chi connectivity index (χ0n) is 9.34. The van der Waals surface area contributed by atoms with Gasteiger partial charge in [0.25, 0.3) is 11.7 Å². The summed E-state index contributed by atoms with van der Waals surface area (Å²) < 4.78 is 0. The van der Waals surface area contributed by atoms with Crippen molar-refractivity contribution in [3.8, 4) is 0 Å². The summed E-state index contributed by atoms with van der Waals surface area (Å²) in [5.41, 5.74) is 0.972. The molecule has 0 radical (unpaired) electrons. The molecule has 0 bridgehead atoms. The van der Waals surface area contributed by atoms with E-state index < -0.39 is 11.9 Å².